The van der Waals surface area contributed by atoms with Crippen molar-refractivity contribution in [1.82, 2.24) is 5.32 Å². The normalized spacial score (nSPS) is 14.5. The summed E-state index contributed by atoms with van der Waals surface area (Å²) in [5.74, 6) is 4.09. The van der Waals surface area contributed by atoms with Crippen molar-refractivity contribution in [3.8, 4) is 29.6 Å². The predicted octanol–water partition coefficient (Wildman–Crippen LogP) is 3.03. The fourth-order valence-electron chi connectivity index (χ4n) is 3.00. The summed E-state index contributed by atoms with van der Waals surface area (Å²) in [6.45, 7) is 0.804. The Labute approximate surface area is 143 Å². The number of amides is 1. The molecular weight excluding hydrogens is 306 g/mol. The molecule has 1 fully saturated rings. The van der Waals surface area contributed by atoms with Gasteiger partial charge in [0.15, 0.2) is 11.5 Å². The van der Waals surface area contributed by atoms with Gasteiger partial charge in [-0.1, -0.05) is 25.2 Å². The van der Waals surface area contributed by atoms with Crippen molar-refractivity contribution in [3.05, 3.63) is 17.7 Å². The van der Waals surface area contributed by atoms with Crippen LogP contribution in [-0.4, -0.2) is 33.3 Å². The maximum Gasteiger partial charge on any atom is 0.251 e. The van der Waals surface area contributed by atoms with Crippen molar-refractivity contribution < 1.29 is 19.0 Å². The quantitative estimate of drug-likeness (QED) is 0.780. The fraction of sp³-hybridized carbons (Fsp3) is 0.526. The standard InChI is InChI=1S/C19H25NO4/c1-4-10-24-18-16(22-2)11-15(12-17(18)23-3)19(21)20-13-14-8-6-5-7-9-14/h1,11-12,14H,5-10,13H2,2-3H3,(H,20,21). The molecule has 1 aromatic rings. The number of rotatable bonds is 7. The van der Waals surface area contributed by atoms with Crippen molar-refractivity contribution in [2.45, 2.75) is 32.1 Å². The molecule has 1 aliphatic rings. The summed E-state index contributed by atoms with van der Waals surface area (Å²) in [6, 6.07) is 3.29. The van der Waals surface area contributed by atoms with Crippen LogP contribution in [-0.2, 0) is 0 Å². The zero-order valence-electron chi connectivity index (χ0n) is 14.4. The van der Waals surface area contributed by atoms with E-state index < -0.39 is 0 Å². The van der Waals surface area contributed by atoms with Gasteiger partial charge in [-0.3, -0.25) is 4.79 Å². The van der Waals surface area contributed by atoms with E-state index in [2.05, 4.69) is 11.2 Å². The number of terminal acetylenes is 1. The molecule has 0 radical (unpaired) electrons. The lowest BCUT2D eigenvalue weighted by molar-refractivity contribution is 0.0942. The Bertz CT molecular complexity index is 575. The van der Waals surface area contributed by atoms with E-state index in [1.54, 1.807) is 12.1 Å². The average Bonchev–Trinajstić information content (AvgIpc) is 2.64. The first-order chi connectivity index (χ1) is 11.7. The van der Waals surface area contributed by atoms with Crippen LogP contribution >= 0.6 is 0 Å². The number of ether oxygens (including phenoxy) is 3. The molecule has 0 aromatic heterocycles. The minimum atomic E-state index is -0.138. The van der Waals surface area contributed by atoms with E-state index in [4.69, 9.17) is 20.6 Å². The van der Waals surface area contributed by atoms with Gasteiger partial charge >= 0.3 is 0 Å². The van der Waals surface area contributed by atoms with Crippen molar-refractivity contribution in [1.29, 1.82) is 0 Å². The Morgan fingerprint density at radius 1 is 1.21 bits per heavy atom. The second-order valence-electron chi connectivity index (χ2n) is 5.92. The minimum absolute atomic E-state index is 0.0972. The molecule has 1 aliphatic carbocycles. The molecular formula is C19H25NO4. The number of hydrogen-bond acceptors (Lipinski definition) is 4. The minimum Gasteiger partial charge on any atom is -0.493 e. The fourth-order valence-corrected chi connectivity index (χ4v) is 3.00. The van der Waals surface area contributed by atoms with Crippen LogP contribution in [0.5, 0.6) is 17.2 Å². The van der Waals surface area contributed by atoms with Crippen LogP contribution in [0.4, 0.5) is 0 Å². The van der Waals surface area contributed by atoms with Gasteiger partial charge in [0, 0.05) is 12.1 Å². The number of nitrogens with one attached hydrogen (secondary N) is 1. The first kappa shape index (κ1) is 18.0. The van der Waals surface area contributed by atoms with Gasteiger partial charge in [-0.15, -0.1) is 6.42 Å². The lowest BCUT2D eigenvalue weighted by atomic mass is 9.89. The van der Waals surface area contributed by atoms with Crippen LogP contribution in [0.2, 0.25) is 0 Å². The van der Waals surface area contributed by atoms with Gasteiger partial charge in [-0.2, -0.15) is 0 Å². The highest BCUT2D eigenvalue weighted by atomic mass is 16.5. The lowest BCUT2D eigenvalue weighted by Gasteiger charge is -2.22. The average molecular weight is 331 g/mol. The first-order valence-corrected chi connectivity index (χ1v) is 8.30. The van der Waals surface area contributed by atoms with Gasteiger partial charge in [0.25, 0.3) is 5.91 Å². The van der Waals surface area contributed by atoms with Crippen LogP contribution in [0.15, 0.2) is 12.1 Å². The molecule has 1 N–H and O–H groups in total. The smallest absolute Gasteiger partial charge is 0.251 e. The SMILES string of the molecule is C#CCOc1c(OC)cc(C(=O)NCC2CCCCC2)cc1OC. The zero-order valence-corrected chi connectivity index (χ0v) is 14.4. The Morgan fingerprint density at radius 3 is 2.38 bits per heavy atom. The molecule has 0 heterocycles. The van der Waals surface area contributed by atoms with Crippen molar-refractivity contribution in [3.63, 3.8) is 0 Å². The molecule has 0 bridgehead atoms. The highest BCUT2D eigenvalue weighted by Crippen LogP contribution is 2.38. The van der Waals surface area contributed by atoms with Gasteiger partial charge in [-0.05, 0) is 30.9 Å². The monoisotopic (exact) mass is 331 g/mol. The molecule has 0 spiro atoms. The molecule has 0 saturated heterocycles. The van der Waals surface area contributed by atoms with E-state index in [-0.39, 0.29) is 12.5 Å². The van der Waals surface area contributed by atoms with Gasteiger partial charge < -0.3 is 19.5 Å². The second-order valence-corrected chi connectivity index (χ2v) is 5.92. The summed E-state index contributed by atoms with van der Waals surface area (Å²) in [4.78, 5) is 12.5. The number of hydrogen-bond donors (Lipinski definition) is 1. The van der Waals surface area contributed by atoms with E-state index in [0.717, 1.165) is 0 Å². The summed E-state index contributed by atoms with van der Waals surface area (Å²) >= 11 is 0. The summed E-state index contributed by atoms with van der Waals surface area (Å²) in [7, 11) is 3.03. The maximum atomic E-state index is 12.5. The molecule has 0 unspecified atom stereocenters. The van der Waals surface area contributed by atoms with Crippen molar-refractivity contribution in [2.24, 2.45) is 5.92 Å². The molecule has 5 nitrogen and oxygen atoms in total. The second kappa shape index (κ2) is 9.07. The summed E-state index contributed by atoms with van der Waals surface area (Å²) in [5, 5.41) is 3.01. The van der Waals surface area contributed by atoms with Crippen molar-refractivity contribution in [2.75, 3.05) is 27.4 Å². The molecule has 130 valence electrons. The van der Waals surface area contributed by atoms with Crippen LogP contribution in [0, 0.1) is 18.3 Å². The van der Waals surface area contributed by atoms with E-state index >= 15 is 0 Å². The van der Waals surface area contributed by atoms with Crippen molar-refractivity contribution >= 4 is 5.91 Å². The first-order valence-electron chi connectivity index (χ1n) is 8.30. The molecule has 0 aliphatic heterocycles. The molecule has 0 atom stereocenters. The zero-order chi connectivity index (χ0) is 17.4. The Balaban J connectivity index is 2.10. The third kappa shape index (κ3) is 4.58. The number of methoxy groups -OCH3 is 2. The summed E-state index contributed by atoms with van der Waals surface area (Å²) < 4.78 is 16.1. The third-order valence-electron chi connectivity index (χ3n) is 4.30. The summed E-state index contributed by atoms with van der Waals surface area (Å²) in [6.07, 6.45) is 11.4. The lowest BCUT2D eigenvalue weighted by Crippen LogP contribution is -2.30. The van der Waals surface area contributed by atoms with Crippen LogP contribution < -0.4 is 19.5 Å². The van der Waals surface area contributed by atoms with E-state index in [0.29, 0.717) is 35.3 Å². The molecule has 1 amide bonds. The maximum absolute atomic E-state index is 12.5. The van der Waals surface area contributed by atoms with E-state index in [1.807, 2.05) is 0 Å². The van der Waals surface area contributed by atoms with Crippen LogP contribution in [0.3, 0.4) is 0 Å². The molecule has 1 aromatic carbocycles. The highest BCUT2D eigenvalue weighted by molar-refractivity contribution is 5.95. The number of benzene rings is 1. The van der Waals surface area contributed by atoms with Gasteiger partial charge in [0.2, 0.25) is 5.75 Å². The van der Waals surface area contributed by atoms with Crippen LogP contribution in [0.1, 0.15) is 42.5 Å². The highest BCUT2D eigenvalue weighted by Gasteiger charge is 2.19. The Hall–Kier alpha value is -2.35. The largest absolute Gasteiger partial charge is 0.493 e. The summed E-state index contributed by atoms with van der Waals surface area (Å²) in [5.41, 5.74) is 0.479. The Kier molecular flexibility index (Phi) is 6.80. The molecule has 2 rings (SSSR count). The molecule has 5 heteroatoms. The van der Waals surface area contributed by atoms with E-state index in [9.17, 15) is 4.79 Å². The Morgan fingerprint density at radius 2 is 1.83 bits per heavy atom. The van der Waals surface area contributed by atoms with Crippen LogP contribution in [0.25, 0.3) is 0 Å². The van der Waals surface area contributed by atoms with Gasteiger partial charge in [0.1, 0.15) is 6.61 Å². The predicted molar refractivity (Wildman–Crippen MR) is 92.8 cm³/mol. The number of carbonyl (C=O) groups is 1. The molecule has 24 heavy (non-hydrogen) atoms. The third-order valence-corrected chi connectivity index (χ3v) is 4.30. The van der Waals surface area contributed by atoms with Gasteiger partial charge in [0.05, 0.1) is 14.2 Å². The number of carbonyl (C=O) groups excluding carboxylic acids is 1. The molecule has 1 saturated carbocycles. The topological polar surface area (TPSA) is 56.8 Å². The van der Waals surface area contributed by atoms with E-state index in [1.165, 1.54) is 46.3 Å². The van der Waals surface area contributed by atoms with Gasteiger partial charge in [-0.25, -0.2) is 0 Å².